The van der Waals surface area contributed by atoms with Gasteiger partial charge in [0.25, 0.3) is 0 Å². The first-order valence-electron chi connectivity index (χ1n) is 9.17. The second-order valence-electron chi connectivity index (χ2n) is 7.15. The molecule has 144 valence electrons. The zero-order valence-corrected chi connectivity index (χ0v) is 15.2. The zero-order chi connectivity index (χ0) is 19.8. The standard InChI is InChI=1S/C22H19F2NO3/c1-12(27)19-16-6-3-7-17(24)20(16)18(11-26)28-22(19)25-21(13-8-9-13)14-4-2-5-15(23)10-14/h2-7,10-11,13,18,21,25H,8-9H2,1H3/t18-,21+/m1/s1. The number of ether oxygens (including phenoxy) is 1. The maximum atomic E-state index is 14.3. The Morgan fingerprint density at radius 1 is 1.21 bits per heavy atom. The smallest absolute Gasteiger partial charge is 0.200 e. The average Bonchev–Trinajstić information content (AvgIpc) is 3.50. The number of halogens is 2. The maximum absolute atomic E-state index is 14.3. The molecule has 1 aliphatic heterocycles. The molecule has 4 rings (SSSR count). The fraction of sp³-hybridized carbons (Fsp3) is 0.273. The third-order valence-electron chi connectivity index (χ3n) is 5.14. The highest BCUT2D eigenvalue weighted by molar-refractivity contribution is 6.21. The van der Waals surface area contributed by atoms with Gasteiger partial charge in [-0.3, -0.25) is 9.59 Å². The van der Waals surface area contributed by atoms with Crippen LogP contribution in [0.1, 0.15) is 48.6 Å². The Morgan fingerprint density at radius 3 is 2.61 bits per heavy atom. The van der Waals surface area contributed by atoms with Gasteiger partial charge in [-0.1, -0.05) is 24.3 Å². The van der Waals surface area contributed by atoms with Crippen molar-refractivity contribution in [3.63, 3.8) is 0 Å². The predicted octanol–water partition coefficient (Wildman–Crippen LogP) is 4.23. The molecule has 0 saturated heterocycles. The number of aldehydes is 1. The molecule has 0 radical (unpaired) electrons. The average molecular weight is 383 g/mol. The van der Waals surface area contributed by atoms with Crippen LogP contribution in [0.15, 0.2) is 48.3 Å². The van der Waals surface area contributed by atoms with Crippen LogP contribution in [-0.4, -0.2) is 12.1 Å². The van der Waals surface area contributed by atoms with Crippen LogP contribution in [0, 0.1) is 17.6 Å². The second-order valence-corrected chi connectivity index (χ2v) is 7.15. The van der Waals surface area contributed by atoms with E-state index in [2.05, 4.69) is 5.32 Å². The molecule has 2 aliphatic rings. The third kappa shape index (κ3) is 3.30. The Hall–Kier alpha value is -3.02. The number of ketones is 1. The number of allylic oxidation sites excluding steroid dienone is 1. The van der Waals surface area contributed by atoms with Crippen molar-refractivity contribution >= 4 is 17.6 Å². The molecule has 0 aromatic heterocycles. The fourth-order valence-electron chi connectivity index (χ4n) is 3.71. The third-order valence-corrected chi connectivity index (χ3v) is 5.14. The molecule has 0 spiro atoms. The van der Waals surface area contributed by atoms with Crippen LogP contribution in [0.4, 0.5) is 8.78 Å². The molecule has 2 aromatic carbocycles. The highest BCUT2D eigenvalue weighted by atomic mass is 19.1. The Balaban J connectivity index is 1.80. The molecule has 1 fully saturated rings. The molecule has 1 heterocycles. The van der Waals surface area contributed by atoms with E-state index in [1.165, 1.54) is 31.2 Å². The van der Waals surface area contributed by atoms with Crippen molar-refractivity contribution in [2.75, 3.05) is 0 Å². The lowest BCUT2D eigenvalue weighted by atomic mass is 9.91. The summed E-state index contributed by atoms with van der Waals surface area (Å²) in [6, 6.07) is 10.3. The van der Waals surface area contributed by atoms with Crippen molar-refractivity contribution in [1.29, 1.82) is 0 Å². The summed E-state index contributed by atoms with van der Waals surface area (Å²) in [6.07, 6.45) is 1.27. The second kappa shape index (κ2) is 7.19. The number of nitrogens with one attached hydrogen (secondary N) is 1. The van der Waals surface area contributed by atoms with Gasteiger partial charge in [-0.05, 0) is 49.4 Å². The molecule has 0 bridgehead atoms. The lowest BCUT2D eigenvalue weighted by Gasteiger charge is -2.31. The van der Waals surface area contributed by atoms with Gasteiger partial charge in [-0.15, -0.1) is 0 Å². The Bertz CT molecular complexity index is 981. The van der Waals surface area contributed by atoms with E-state index in [-0.39, 0.29) is 40.6 Å². The Labute approximate surface area is 161 Å². The summed E-state index contributed by atoms with van der Waals surface area (Å²) in [5.74, 6) is -0.879. The molecule has 2 atom stereocenters. The van der Waals surface area contributed by atoms with E-state index in [4.69, 9.17) is 4.74 Å². The van der Waals surface area contributed by atoms with Gasteiger partial charge in [0.2, 0.25) is 0 Å². The topological polar surface area (TPSA) is 55.4 Å². The van der Waals surface area contributed by atoms with Crippen LogP contribution < -0.4 is 5.32 Å². The number of carbonyl (C=O) groups excluding carboxylic acids is 2. The molecule has 1 saturated carbocycles. The number of hydrogen-bond donors (Lipinski definition) is 1. The van der Waals surface area contributed by atoms with Crippen molar-refractivity contribution in [2.45, 2.75) is 31.9 Å². The van der Waals surface area contributed by atoms with Gasteiger partial charge in [0, 0.05) is 11.1 Å². The number of hydrogen-bond acceptors (Lipinski definition) is 4. The lowest BCUT2D eigenvalue weighted by Crippen LogP contribution is -2.31. The largest absolute Gasteiger partial charge is 0.463 e. The minimum absolute atomic E-state index is 0.0574. The monoisotopic (exact) mass is 383 g/mol. The zero-order valence-electron chi connectivity index (χ0n) is 15.2. The summed E-state index contributed by atoms with van der Waals surface area (Å²) in [7, 11) is 0. The molecule has 2 aromatic rings. The van der Waals surface area contributed by atoms with Crippen LogP contribution in [-0.2, 0) is 14.3 Å². The van der Waals surface area contributed by atoms with Crippen molar-refractivity contribution in [1.82, 2.24) is 5.32 Å². The molecule has 28 heavy (non-hydrogen) atoms. The quantitative estimate of drug-likeness (QED) is 0.759. The molecular formula is C22H19F2NO3. The van der Waals surface area contributed by atoms with Gasteiger partial charge in [0.1, 0.15) is 11.6 Å². The molecule has 4 nitrogen and oxygen atoms in total. The first-order chi connectivity index (χ1) is 13.5. The van der Waals surface area contributed by atoms with E-state index in [1.807, 2.05) is 0 Å². The van der Waals surface area contributed by atoms with Gasteiger partial charge in [0.05, 0.1) is 11.6 Å². The number of rotatable bonds is 6. The van der Waals surface area contributed by atoms with E-state index in [9.17, 15) is 18.4 Å². The van der Waals surface area contributed by atoms with Crippen molar-refractivity contribution in [3.8, 4) is 0 Å². The van der Waals surface area contributed by atoms with Gasteiger partial charge < -0.3 is 10.1 Å². The summed E-state index contributed by atoms with van der Waals surface area (Å²) in [4.78, 5) is 24.0. The summed E-state index contributed by atoms with van der Waals surface area (Å²) < 4.78 is 33.8. The summed E-state index contributed by atoms with van der Waals surface area (Å²) in [6.45, 7) is 1.37. The minimum Gasteiger partial charge on any atom is -0.463 e. The highest BCUT2D eigenvalue weighted by Gasteiger charge is 2.37. The highest BCUT2D eigenvalue weighted by Crippen LogP contribution is 2.44. The molecule has 0 amide bonds. The molecule has 0 unspecified atom stereocenters. The van der Waals surface area contributed by atoms with Crippen LogP contribution in [0.5, 0.6) is 0 Å². The Morgan fingerprint density at radius 2 is 1.96 bits per heavy atom. The fourth-order valence-corrected chi connectivity index (χ4v) is 3.71. The lowest BCUT2D eigenvalue weighted by molar-refractivity contribution is -0.117. The first kappa shape index (κ1) is 18.3. The van der Waals surface area contributed by atoms with Gasteiger partial charge in [-0.25, -0.2) is 8.78 Å². The SMILES string of the molecule is CC(=O)C1=C(N[C@H](c2cccc(F)c2)C2CC2)O[C@H](C=O)c2c(F)cccc21. The summed E-state index contributed by atoms with van der Waals surface area (Å²) >= 11 is 0. The Kier molecular flexibility index (Phi) is 4.71. The minimum atomic E-state index is -1.16. The van der Waals surface area contributed by atoms with Crippen molar-refractivity contribution in [3.05, 3.63) is 76.7 Å². The number of Topliss-reactive ketones (excluding diaryl/α,β-unsaturated/α-hetero) is 1. The van der Waals surface area contributed by atoms with Crippen LogP contribution >= 0.6 is 0 Å². The van der Waals surface area contributed by atoms with Crippen LogP contribution in [0.25, 0.3) is 5.57 Å². The normalized spacial score (nSPS) is 19.5. The summed E-state index contributed by atoms with van der Waals surface area (Å²) in [5.41, 5.74) is 1.32. The van der Waals surface area contributed by atoms with E-state index >= 15 is 0 Å². The van der Waals surface area contributed by atoms with Gasteiger partial charge >= 0.3 is 0 Å². The van der Waals surface area contributed by atoms with E-state index in [0.717, 1.165) is 18.4 Å². The number of fused-ring (bicyclic) bond motifs is 1. The van der Waals surface area contributed by atoms with Gasteiger partial charge in [-0.2, -0.15) is 0 Å². The molecule has 1 N–H and O–H groups in total. The van der Waals surface area contributed by atoms with Crippen molar-refractivity contribution < 1.29 is 23.1 Å². The van der Waals surface area contributed by atoms with Crippen LogP contribution in [0.2, 0.25) is 0 Å². The number of carbonyl (C=O) groups is 2. The van der Waals surface area contributed by atoms with E-state index in [0.29, 0.717) is 11.8 Å². The summed E-state index contributed by atoms with van der Waals surface area (Å²) in [5, 5.41) is 3.21. The van der Waals surface area contributed by atoms with Crippen molar-refractivity contribution in [2.24, 2.45) is 5.92 Å². The van der Waals surface area contributed by atoms with Crippen LogP contribution in [0.3, 0.4) is 0 Å². The first-order valence-corrected chi connectivity index (χ1v) is 9.17. The maximum Gasteiger partial charge on any atom is 0.200 e. The molecular weight excluding hydrogens is 364 g/mol. The van der Waals surface area contributed by atoms with E-state index < -0.39 is 11.9 Å². The molecule has 1 aliphatic carbocycles. The molecule has 6 heteroatoms. The van der Waals surface area contributed by atoms with E-state index in [1.54, 1.807) is 18.2 Å². The predicted molar refractivity (Wildman–Crippen MR) is 98.9 cm³/mol. The van der Waals surface area contributed by atoms with Gasteiger partial charge in [0.15, 0.2) is 24.1 Å². The number of benzene rings is 2.